The molecule has 3 nitrogen and oxygen atoms in total. The fourth-order valence-corrected chi connectivity index (χ4v) is 4.93. The van der Waals surface area contributed by atoms with Crippen molar-refractivity contribution in [3.8, 4) is 5.69 Å². The molecule has 0 amide bonds. The van der Waals surface area contributed by atoms with Gasteiger partial charge < -0.3 is 9.13 Å². The van der Waals surface area contributed by atoms with Crippen LogP contribution in [0.4, 0.5) is 0 Å². The van der Waals surface area contributed by atoms with Crippen LogP contribution >= 0.6 is 0 Å². The Labute approximate surface area is 175 Å². The minimum Gasteiger partial charge on any atom is -0.342 e. The molecule has 0 unspecified atom stereocenters. The quantitative estimate of drug-likeness (QED) is 0.314. The number of fused-ring (bicyclic) bond motifs is 6. The zero-order chi connectivity index (χ0) is 20.4. The monoisotopic (exact) mass is 389 g/mol. The van der Waals surface area contributed by atoms with E-state index in [1.165, 1.54) is 49.5 Å². The van der Waals surface area contributed by atoms with Crippen molar-refractivity contribution in [1.82, 2.24) is 14.1 Å². The first kappa shape index (κ1) is 17.3. The number of rotatable bonds is 2. The Balaban J connectivity index is 1.80. The minimum absolute atomic E-state index is 0.396. The second-order valence-electron chi connectivity index (χ2n) is 8.38. The normalized spacial score (nSPS) is 12.1. The summed E-state index contributed by atoms with van der Waals surface area (Å²) in [5.41, 5.74) is 8.52. The lowest BCUT2D eigenvalue weighted by molar-refractivity contribution is 0.874. The van der Waals surface area contributed by atoms with Crippen LogP contribution in [-0.2, 0) is 7.05 Å². The van der Waals surface area contributed by atoms with Gasteiger partial charge in [-0.2, -0.15) is 0 Å². The van der Waals surface area contributed by atoms with Gasteiger partial charge in [0.15, 0.2) is 0 Å². The maximum absolute atomic E-state index is 4.74. The van der Waals surface area contributed by atoms with Crippen LogP contribution in [0.25, 0.3) is 49.4 Å². The van der Waals surface area contributed by atoms with E-state index in [1.54, 1.807) is 0 Å². The lowest BCUT2D eigenvalue weighted by Gasteiger charge is -2.14. The third-order valence-electron chi connectivity index (χ3n) is 6.34. The zero-order valence-electron chi connectivity index (χ0n) is 17.4. The molecule has 0 aliphatic heterocycles. The largest absolute Gasteiger partial charge is 0.342 e. The third-order valence-corrected chi connectivity index (χ3v) is 6.34. The lowest BCUT2D eigenvalue weighted by atomic mass is 9.97. The van der Waals surface area contributed by atoms with Gasteiger partial charge in [0, 0.05) is 35.1 Å². The molecule has 0 saturated carbocycles. The molecule has 0 spiro atoms. The van der Waals surface area contributed by atoms with E-state index in [0.717, 1.165) is 5.52 Å². The van der Waals surface area contributed by atoms with Crippen molar-refractivity contribution in [3.63, 3.8) is 0 Å². The van der Waals surface area contributed by atoms with E-state index in [2.05, 4.69) is 96.8 Å². The van der Waals surface area contributed by atoms with Gasteiger partial charge in [0.05, 0.1) is 27.6 Å². The SMILES string of the molecule is CC(C)c1cc(-n2c3ccccc3c3ccccc32)cc2c1c1ncccc1n2C. The van der Waals surface area contributed by atoms with E-state index in [4.69, 9.17) is 4.98 Å². The fourth-order valence-electron chi connectivity index (χ4n) is 4.93. The molecule has 0 atom stereocenters. The summed E-state index contributed by atoms with van der Waals surface area (Å²) in [5, 5.41) is 3.85. The van der Waals surface area contributed by atoms with Crippen molar-refractivity contribution in [2.24, 2.45) is 7.05 Å². The maximum Gasteiger partial charge on any atom is 0.0962 e. The van der Waals surface area contributed by atoms with Crippen LogP contribution in [0.5, 0.6) is 0 Å². The van der Waals surface area contributed by atoms with Gasteiger partial charge in [-0.3, -0.25) is 4.98 Å². The Morgan fingerprint density at radius 1 is 0.733 bits per heavy atom. The third kappa shape index (κ3) is 2.23. The van der Waals surface area contributed by atoms with E-state index in [1.807, 2.05) is 12.3 Å². The fraction of sp³-hybridized carbons (Fsp3) is 0.148. The molecular weight excluding hydrogens is 366 g/mol. The van der Waals surface area contributed by atoms with E-state index in [9.17, 15) is 0 Å². The molecule has 30 heavy (non-hydrogen) atoms. The molecule has 3 aromatic heterocycles. The van der Waals surface area contributed by atoms with E-state index in [-0.39, 0.29) is 0 Å². The summed E-state index contributed by atoms with van der Waals surface area (Å²) < 4.78 is 4.68. The first-order valence-electron chi connectivity index (χ1n) is 10.5. The Morgan fingerprint density at radius 2 is 1.37 bits per heavy atom. The van der Waals surface area contributed by atoms with Gasteiger partial charge in [-0.15, -0.1) is 0 Å². The van der Waals surface area contributed by atoms with Gasteiger partial charge in [-0.05, 0) is 47.9 Å². The smallest absolute Gasteiger partial charge is 0.0962 e. The van der Waals surface area contributed by atoms with E-state index < -0.39 is 0 Å². The summed E-state index contributed by atoms with van der Waals surface area (Å²) >= 11 is 0. The van der Waals surface area contributed by atoms with Gasteiger partial charge in [-0.1, -0.05) is 50.2 Å². The highest BCUT2D eigenvalue weighted by atomic mass is 15.0. The van der Waals surface area contributed by atoms with Crippen molar-refractivity contribution in [2.45, 2.75) is 19.8 Å². The Kier molecular flexibility index (Phi) is 3.57. The standard InChI is InChI=1S/C27H23N3/c1-17(2)21-15-18(16-25-26(21)27-24(29(25)3)13-8-14-28-27)30-22-11-6-4-9-19(22)20-10-5-7-12-23(20)30/h4-17H,1-3H3. The van der Waals surface area contributed by atoms with Crippen molar-refractivity contribution in [2.75, 3.05) is 0 Å². The van der Waals surface area contributed by atoms with E-state index >= 15 is 0 Å². The summed E-state index contributed by atoms with van der Waals surface area (Å²) in [4.78, 5) is 4.74. The van der Waals surface area contributed by atoms with Crippen LogP contribution in [0, 0.1) is 0 Å². The summed E-state index contributed by atoms with van der Waals surface area (Å²) in [6.45, 7) is 4.54. The molecule has 3 heteroatoms. The number of pyridine rings is 1. The molecular formula is C27H23N3. The molecule has 0 bridgehead atoms. The number of benzene rings is 3. The lowest BCUT2D eigenvalue weighted by Crippen LogP contribution is -1.99. The Morgan fingerprint density at radius 3 is 2.03 bits per heavy atom. The summed E-state index contributed by atoms with van der Waals surface area (Å²) in [6, 6.07) is 26.2. The molecule has 0 fully saturated rings. The number of aryl methyl sites for hydroxylation is 1. The second-order valence-corrected chi connectivity index (χ2v) is 8.38. The zero-order valence-corrected chi connectivity index (χ0v) is 17.4. The van der Waals surface area contributed by atoms with Gasteiger partial charge >= 0.3 is 0 Å². The highest BCUT2D eigenvalue weighted by Crippen LogP contribution is 2.38. The summed E-state index contributed by atoms with van der Waals surface area (Å²) in [6.07, 6.45) is 1.90. The van der Waals surface area contributed by atoms with Crippen molar-refractivity contribution >= 4 is 43.7 Å². The van der Waals surface area contributed by atoms with Crippen LogP contribution in [-0.4, -0.2) is 14.1 Å². The number of aromatic nitrogens is 3. The number of hydrogen-bond acceptors (Lipinski definition) is 1. The van der Waals surface area contributed by atoms with Crippen LogP contribution in [0.1, 0.15) is 25.3 Å². The molecule has 6 rings (SSSR count). The Hall–Kier alpha value is -3.59. The average molecular weight is 390 g/mol. The predicted octanol–water partition coefficient (Wildman–Crippen LogP) is 6.95. The highest BCUT2D eigenvalue weighted by molar-refractivity contribution is 6.11. The van der Waals surface area contributed by atoms with Crippen LogP contribution in [0.15, 0.2) is 79.0 Å². The molecule has 6 aromatic rings. The van der Waals surface area contributed by atoms with Gasteiger partial charge in [0.25, 0.3) is 0 Å². The summed E-state index contributed by atoms with van der Waals surface area (Å²) in [7, 11) is 2.14. The number of para-hydroxylation sites is 2. The van der Waals surface area contributed by atoms with Gasteiger partial charge in [-0.25, -0.2) is 0 Å². The van der Waals surface area contributed by atoms with Crippen molar-refractivity contribution in [3.05, 3.63) is 84.6 Å². The summed E-state index contributed by atoms with van der Waals surface area (Å²) in [5.74, 6) is 0.396. The first-order valence-corrected chi connectivity index (χ1v) is 10.5. The molecule has 0 aliphatic rings. The van der Waals surface area contributed by atoms with Crippen molar-refractivity contribution in [1.29, 1.82) is 0 Å². The highest BCUT2D eigenvalue weighted by Gasteiger charge is 2.19. The minimum atomic E-state index is 0.396. The topological polar surface area (TPSA) is 22.8 Å². The molecule has 146 valence electrons. The average Bonchev–Trinajstić information content (AvgIpc) is 3.26. The maximum atomic E-state index is 4.74. The van der Waals surface area contributed by atoms with Crippen molar-refractivity contribution < 1.29 is 0 Å². The van der Waals surface area contributed by atoms with Gasteiger partial charge in [0.2, 0.25) is 0 Å². The number of hydrogen-bond donors (Lipinski definition) is 0. The molecule has 0 N–H and O–H groups in total. The Bertz CT molecular complexity index is 1530. The molecule has 3 heterocycles. The van der Waals surface area contributed by atoms with Crippen LogP contribution in [0.3, 0.4) is 0 Å². The van der Waals surface area contributed by atoms with Crippen LogP contribution in [0.2, 0.25) is 0 Å². The molecule has 3 aromatic carbocycles. The first-order chi connectivity index (χ1) is 14.6. The van der Waals surface area contributed by atoms with Gasteiger partial charge in [0.1, 0.15) is 0 Å². The molecule has 0 aliphatic carbocycles. The molecule has 0 saturated heterocycles. The number of nitrogens with zero attached hydrogens (tertiary/aromatic N) is 3. The molecule has 0 radical (unpaired) electrons. The predicted molar refractivity (Wildman–Crippen MR) is 127 cm³/mol. The second kappa shape index (κ2) is 6.20. The van der Waals surface area contributed by atoms with Crippen LogP contribution < -0.4 is 0 Å². The van der Waals surface area contributed by atoms with E-state index in [0.29, 0.717) is 5.92 Å².